The third kappa shape index (κ3) is 3.07. The highest BCUT2D eigenvalue weighted by Gasteiger charge is 2.47. The Balaban J connectivity index is 2.16. The van der Waals surface area contributed by atoms with Gasteiger partial charge in [0.25, 0.3) is 11.7 Å². The van der Waals surface area contributed by atoms with Crippen LogP contribution in [0.4, 0.5) is 0 Å². The second-order valence-corrected chi connectivity index (χ2v) is 6.38. The van der Waals surface area contributed by atoms with Crippen LogP contribution < -0.4 is 0 Å². The minimum absolute atomic E-state index is 0.0372. The first-order chi connectivity index (χ1) is 11.9. The van der Waals surface area contributed by atoms with Gasteiger partial charge in [-0.25, -0.2) is 0 Å². The summed E-state index contributed by atoms with van der Waals surface area (Å²) in [6, 6.07) is 9.21. The van der Waals surface area contributed by atoms with Gasteiger partial charge in [-0.3, -0.25) is 9.59 Å². The Kier molecular flexibility index (Phi) is 4.68. The summed E-state index contributed by atoms with van der Waals surface area (Å²) >= 11 is 5.88. The van der Waals surface area contributed by atoms with Crippen molar-refractivity contribution in [1.29, 1.82) is 0 Å². The molecule has 2 heterocycles. The summed E-state index contributed by atoms with van der Waals surface area (Å²) in [6.07, 6.45) is 0.685. The number of nitrogens with zero attached hydrogens (tertiary/aromatic N) is 1. The smallest absolute Gasteiger partial charge is 0.295 e. The topological polar surface area (TPSA) is 70.8 Å². The molecule has 0 saturated carbocycles. The summed E-state index contributed by atoms with van der Waals surface area (Å²) in [5.41, 5.74) is 0.460. The molecule has 1 saturated heterocycles. The molecule has 1 fully saturated rings. The summed E-state index contributed by atoms with van der Waals surface area (Å²) in [5, 5.41) is 11.2. The van der Waals surface area contributed by atoms with Crippen molar-refractivity contribution in [3.8, 4) is 0 Å². The lowest BCUT2D eigenvalue weighted by Gasteiger charge is -2.22. The van der Waals surface area contributed by atoms with Crippen LogP contribution in [0.3, 0.4) is 0 Å². The largest absolute Gasteiger partial charge is 0.507 e. The quantitative estimate of drug-likeness (QED) is 0.507. The standard InChI is InChI=1S/C19H18ClNO4/c1-3-10-21-16(14-9-4-11(2)25-14)15(18(23)19(21)24)17(22)12-5-7-13(20)8-6-12/h4-9,16,22H,3,10H2,1-2H3/b17-15-. The molecule has 1 unspecified atom stereocenters. The summed E-state index contributed by atoms with van der Waals surface area (Å²) in [6.45, 7) is 4.10. The van der Waals surface area contributed by atoms with Crippen LogP contribution >= 0.6 is 11.6 Å². The van der Waals surface area contributed by atoms with Gasteiger partial charge in [0.1, 0.15) is 23.3 Å². The van der Waals surface area contributed by atoms with Gasteiger partial charge >= 0.3 is 0 Å². The van der Waals surface area contributed by atoms with Crippen LogP contribution in [0, 0.1) is 6.92 Å². The second-order valence-electron chi connectivity index (χ2n) is 5.95. The molecular formula is C19H18ClNO4. The third-order valence-corrected chi connectivity index (χ3v) is 4.40. The van der Waals surface area contributed by atoms with Gasteiger partial charge in [0.2, 0.25) is 0 Å². The highest BCUT2D eigenvalue weighted by atomic mass is 35.5. The Morgan fingerprint density at radius 1 is 1.20 bits per heavy atom. The number of furan rings is 1. The van der Waals surface area contributed by atoms with Crippen molar-refractivity contribution in [2.24, 2.45) is 0 Å². The molecule has 1 atom stereocenters. The zero-order valence-corrected chi connectivity index (χ0v) is 14.7. The summed E-state index contributed by atoms with van der Waals surface area (Å²) < 4.78 is 5.66. The van der Waals surface area contributed by atoms with E-state index in [0.29, 0.717) is 35.1 Å². The SMILES string of the molecule is CCCN1C(=O)C(=O)/C(=C(\O)c2ccc(Cl)cc2)C1c1ccc(C)o1. The van der Waals surface area contributed by atoms with E-state index in [0.717, 1.165) is 0 Å². The van der Waals surface area contributed by atoms with Crippen molar-refractivity contribution in [1.82, 2.24) is 4.90 Å². The average molecular weight is 360 g/mol. The van der Waals surface area contributed by atoms with E-state index in [9.17, 15) is 14.7 Å². The number of Topliss-reactive ketones (excluding diaryl/α,β-unsaturated/α-hetero) is 1. The van der Waals surface area contributed by atoms with E-state index < -0.39 is 17.7 Å². The third-order valence-electron chi connectivity index (χ3n) is 4.15. The van der Waals surface area contributed by atoms with E-state index >= 15 is 0 Å². The monoisotopic (exact) mass is 359 g/mol. The molecule has 6 heteroatoms. The number of hydrogen-bond donors (Lipinski definition) is 1. The molecule has 25 heavy (non-hydrogen) atoms. The van der Waals surface area contributed by atoms with Crippen molar-refractivity contribution in [2.75, 3.05) is 6.54 Å². The molecule has 1 aliphatic rings. The van der Waals surface area contributed by atoms with Crippen LogP contribution in [0.15, 0.2) is 46.4 Å². The predicted molar refractivity (Wildman–Crippen MR) is 94.2 cm³/mol. The Bertz CT molecular complexity index is 851. The van der Waals surface area contributed by atoms with Gasteiger partial charge in [0.05, 0.1) is 5.57 Å². The van der Waals surface area contributed by atoms with Crippen LogP contribution in [0.1, 0.15) is 36.5 Å². The molecule has 1 aromatic carbocycles. The van der Waals surface area contributed by atoms with Crippen LogP contribution in [0.25, 0.3) is 5.76 Å². The number of carbonyl (C=O) groups excluding carboxylic acids is 2. The average Bonchev–Trinajstić information content (AvgIpc) is 3.12. The maximum atomic E-state index is 12.6. The molecule has 2 aromatic rings. The van der Waals surface area contributed by atoms with Gasteiger partial charge in [0.15, 0.2) is 0 Å². The molecule has 0 bridgehead atoms. The number of halogens is 1. The van der Waals surface area contributed by atoms with Crippen molar-refractivity contribution in [2.45, 2.75) is 26.3 Å². The van der Waals surface area contributed by atoms with Crippen molar-refractivity contribution < 1.29 is 19.1 Å². The van der Waals surface area contributed by atoms with Gasteiger partial charge in [-0.2, -0.15) is 0 Å². The van der Waals surface area contributed by atoms with Gasteiger partial charge < -0.3 is 14.4 Å². The molecule has 1 amide bonds. The fourth-order valence-corrected chi connectivity index (χ4v) is 3.14. The first kappa shape index (κ1) is 17.3. The first-order valence-corrected chi connectivity index (χ1v) is 8.42. The van der Waals surface area contributed by atoms with E-state index in [2.05, 4.69) is 0 Å². The number of amides is 1. The van der Waals surface area contributed by atoms with E-state index in [1.165, 1.54) is 4.90 Å². The molecule has 130 valence electrons. The van der Waals surface area contributed by atoms with Gasteiger partial charge in [0, 0.05) is 17.1 Å². The number of aryl methyl sites for hydroxylation is 1. The maximum absolute atomic E-state index is 12.6. The Morgan fingerprint density at radius 2 is 1.88 bits per heavy atom. The Morgan fingerprint density at radius 3 is 2.44 bits per heavy atom. The summed E-state index contributed by atoms with van der Waals surface area (Å²) in [5.74, 6) is -0.437. The normalized spacial score (nSPS) is 19.6. The molecule has 0 spiro atoms. The van der Waals surface area contributed by atoms with E-state index in [1.807, 2.05) is 6.92 Å². The van der Waals surface area contributed by atoms with Crippen molar-refractivity contribution >= 4 is 29.1 Å². The second kappa shape index (κ2) is 6.76. The maximum Gasteiger partial charge on any atom is 0.295 e. The minimum Gasteiger partial charge on any atom is -0.507 e. The molecule has 1 N–H and O–H groups in total. The van der Waals surface area contributed by atoms with Gasteiger partial charge in [-0.05, 0) is 49.7 Å². The number of aliphatic hydroxyl groups is 1. The fourth-order valence-electron chi connectivity index (χ4n) is 3.01. The molecule has 0 radical (unpaired) electrons. The Labute approximate surface area is 150 Å². The first-order valence-electron chi connectivity index (χ1n) is 8.04. The lowest BCUT2D eigenvalue weighted by atomic mass is 9.99. The molecular weight excluding hydrogens is 342 g/mol. The lowest BCUT2D eigenvalue weighted by Crippen LogP contribution is -2.30. The number of likely N-dealkylation sites (tertiary alicyclic amines) is 1. The molecule has 3 rings (SSSR count). The predicted octanol–water partition coefficient (Wildman–Crippen LogP) is 4.07. The highest BCUT2D eigenvalue weighted by Crippen LogP contribution is 2.40. The van der Waals surface area contributed by atoms with Gasteiger partial charge in [-0.1, -0.05) is 18.5 Å². The number of hydrogen-bond acceptors (Lipinski definition) is 4. The minimum atomic E-state index is -0.732. The summed E-state index contributed by atoms with van der Waals surface area (Å²) in [4.78, 5) is 26.5. The van der Waals surface area contributed by atoms with Crippen molar-refractivity contribution in [3.05, 3.63) is 64.1 Å². The van der Waals surface area contributed by atoms with Crippen LogP contribution in [-0.2, 0) is 9.59 Å². The molecule has 1 aliphatic heterocycles. The Hall–Kier alpha value is -2.53. The number of ketones is 1. The van der Waals surface area contributed by atoms with Crippen LogP contribution in [0.5, 0.6) is 0 Å². The summed E-state index contributed by atoms with van der Waals surface area (Å²) in [7, 11) is 0. The van der Waals surface area contributed by atoms with Crippen molar-refractivity contribution in [3.63, 3.8) is 0 Å². The highest BCUT2D eigenvalue weighted by molar-refractivity contribution is 6.46. The van der Waals surface area contributed by atoms with Crippen LogP contribution in [0.2, 0.25) is 5.02 Å². The molecule has 5 nitrogen and oxygen atoms in total. The number of benzene rings is 1. The fraction of sp³-hybridized carbons (Fsp3) is 0.263. The van der Waals surface area contributed by atoms with Crippen LogP contribution in [-0.4, -0.2) is 28.2 Å². The number of carbonyl (C=O) groups is 2. The van der Waals surface area contributed by atoms with E-state index in [4.69, 9.17) is 16.0 Å². The van der Waals surface area contributed by atoms with Gasteiger partial charge in [-0.15, -0.1) is 0 Å². The van der Waals surface area contributed by atoms with E-state index in [-0.39, 0.29) is 11.3 Å². The molecule has 1 aromatic heterocycles. The molecule has 0 aliphatic carbocycles. The number of rotatable bonds is 4. The zero-order valence-electron chi connectivity index (χ0n) is 14.0. The van der Waals surface area contributed by atoms with E-state index in [1.54, 1.807) is 43.3 Å². The zero-order chi connectivity index (χ0) is 18.1. The lowest BCUT2D eigenvalue weighted by molar-refractivity contribution is -0.140. The number of aliphatic hydroxyl groups excluding tert-OH is 1.